The monoisotopic (exact) mass is 184 g/mol. The SMILES string of the molecule is CCN(C)NC(=O)Nc1nnc[nH]1. The number of carbonyl (C=O) groups excluding carboxylic acids is 1. The van der Waals surface area contributed by atoms with Gasteiger partial charge in [-0.2, -0.15) is 0 Å². The van der Waals surface area contributed by atoms with Crippen LogP contribution in [0, 0.1) is 0 Å². The van der Waals surface area contributed by atoms with Crippen molar-refractivity contribution in [3.8, 4) is 0 Å². The Kier molecular flexibility index (Phi) is 3.21. The summed E-state index contributed by atoms with van der Waals surface area (Å²) >= 11 is 0. The normalized spacial score (nSPS) is 10.1. The Balaban J connectivity index is 2.34. The Hall–Kier alpha value is -1.63. The number of nitrogens with one attached hydrogen (secondary N) is 3. The van der Waals surface area contributed by atoms with Crippen molar-refractivity contribution >= 4 is 12.0 Å². The number of hydrazine groups is 1. The Bertz CT molecular complexity index is 258. The predicted octanol–water partition coefficient (Wildman–Crippen LogP) is -0.207. The van der Waals surface area contributed by atoms with E-state index in [1.807, 2.05) is 6.92 Å². The molecule has 7 nitrogen and oxygen atoms in total. The lowest BCUT2D eigenvalue weighted by Gasteiger charge is -2.14. The molecule has 2 amide bonds. The summed E-state index contributed by atoms with van der Waals surface area (Å²) in [5.74, 6) is 0.321. The van der Waals surface area contributed by atoms with Gasteiger partial charge < -0.3 is 4.98 Å². The molecular weight excluding hydrogens is 172 g/mol. The lowest BCUT2D eigenvalue weighted by Crippen LogP contribution is -2.41. The molecule has 0 saturated heterocycles. The average Bonchev–Trinajstić information content (AvgIpc) is 2.56. The van der Waals surface area contributed by atoms with Crippen LogP contribution in [0.3, 0.4) is 0 Å². The molecule has 0 fully saturated rings. The Morgan fingerprint density at radius 2 is 2.54 bits per heavy atom. The highest BCUT2D eigenvalue weighted by Gasteiger charge is 2.04. The van der Waals surface area contributed by atoms with Crippen LogP contribution in [0.5, 0.6) is 0 Å². The van der Waals surface area contributed by atoms with Crippen LogP contribution in [-0.2, 0) is 0 Å². The van der Waals surface area contributed by atoms with Gasteiger partial charge in [0.1, 0.15) is 6.33 Å². The van der Waals surface area contributed by atoms with Gasteiger partial charge in [-0.25, -0.2) is 9.80 Å². The molecule has 7 heteroatoms. The molecule has 1 aromatic heterocycles. The maximum Gasteiger partial charge on any atom is 0.336 e. The van der Waals surface area contributed by atoms with Crippen molar-refractivity contribution in [2.45, 2.75) is 6.92 Å². The summed E-state index contributed by atoms with van der Waals surface area (Å²) in [5.41, 5.74) is 2.56. The number of aromatic nitrogens is 3. The van der Waals surface area contributed by atoms with Crippen molar-refractivity contribution in [3.05, 3.63) is 6.33 Å². The molecule has 13 heavy (non-hydrogen) atoms. The second-order valence-corrected chi connectivity index (χ2v) is 2.42. The third-order valence-corrected chi connectivity index (χ3v) is 1.42. The zero-order chi connectivity index (χ0) is 9.68. The predicted molar refractivity (Wildman–Crippen MR) is 46.8 cm³/mol. The summed E-state index contributed by atoms with van der Waals surface area (Å²) in [6.07, 6.45) is 1.39. The second kappa shape index (κ2) is 4.41. The van der Waals surface area contributed by atoms with Gasteiger partial charge in [-0.3, -0.25) is 10.7 Å². The van der Waals surface area contributed by atoms with E-state index in [0.29, 0.717) is 5.95 Å². The summed E-state index contributed by atoms with van der Waals surface area (Å²) < 4.78 is 0. The lowest BCUT2D eigenvalue weighted by molar-refractivity contribution is 0.213. The first-order chi connectivity index (χ1) is 6.22. The van der Waals surface area contributed by atoms with E-state index in [1.54, 1.807) is 12.1 Å². The fourth-order valence-corrected chi connectivity index (χ4v) is 0.654. The first-order valence-corrected chi connectivity index (χ1v) is 3.87. The van der Waals surface area contributed by atoms with Crippen LogP contribution < -0.4 is 10.7 Å². The van der Waals surface area contributed by atoms with Crippen LogP contribution in [-0.4, -0.2) is 39.8 Å². The van der Waals surface area contributed by atoms with Crippen molar-refractivity contribution in [1.82, 2.24) is 25.6 Å². The standard InChI is InChI=1S/C6H12N6O/c1-3-12(2)11-6(13)9-5-7-4-8-10-5/h4H,3H2,1-2H3,(H3,7,8,9,10,11,13). The highest BCUT2D eigenvalue weighted by Crippen LogP contribution is 1.91. The van der Waals surface area contributed by atoms with Crippen molar-refractivity contribution in [2.75, 3.05) is 18.9 Å². The average molecular weight is 184 g/mol. The molecule has 0 atom stereocenters. The molecule has 1 rings (SSSR count). The molecule has 0 bridgehead atoms. The zero-order valence-corrected chi connectivity index (χ0v) is 7.53. The first-order valence-electron chi connectivity index (χ1n) is 3.87. The highest BCUT2D eigenvalue weighted by molar-refractivity contribution is 5.86. The van der Waals surface area contributed by atoms with Gasteiger partial charge in [0.2, 0.25) is 5.95 Å². The van der Waals surface area contributed by atoms with E-state index >= 15 is 0 Å². The summed E-state index contributed by atoms with van der Waals surface area (Å²) in [7, 11) is 1.76. The van der Waals surface area contributed by atoms with E-state index in [2.05, 4.69) is 25.9 Å². The van der Waals surface area contributed by atoms with Crippen molar-refractivity contribution in [2.24, 2.45) is 0 Å². The molecule has 0 aromatic carbocycles. The second-order valence-electron chi connectivity index (χ2n) is 2.42. The fourth-order valence-electron chi connectivity index (χ4n) is 0.654. The Labute approximate surface area is 75.5 Å². The Morgan fingerprint density at radius 3 is 3.08 bits per heavy atom. The largest absolute Gasteiger partial charge is 0.336 e. The van der Waals surface area contributed by atoms with Crippen LogP contribution in [0.2, 0.25) is 0 Å². The number of rotatable bonds is 3. The van der Waals surface area contributed by atoms with Crippen LogP contribution in [0.15, 0.2) is 6.33 Å². The van der Waals surface area contributed by atoms with E-state index in [1.165, 1.54) is 6.33 Å². The van der Waals surface area contributed by atoms with Gasteiger partial charge in [0.15, 0.2) is 0 Å². The minimum atomic E-state index is -0.346. The third kappa shape index (κ3) is 3.08. The molecule has 0 saturated carbocycles. The number of hydrogen-bond acceptors (Lipinski definition) is 4. The zero-order valence-electron chi connectivity index (χ0n) is 7.53. The number of urea groups is 1. The number of hydrogen-bond donors (Lipinski definition) is 3. The van der Waals surface area contributed by atoms with Crippen LogP contribution in [0.1, 0.15) is 6.92 Å². The van der Waals surface area contributed by atoms with Gasteiger partial charge in [-0.1, -0.05) is 6.92 Å². The number of carbonyl (C=O) groups is 1. The number of H-pyrrole nitrogens is 1. The van der Waals surface area contributed by atoms with Gasteiger partial charge >= 0.3 is 6.03 Å². The molecule has 1 heterocycles. The quantitative estimate of drug-likeness (QED) is 0.567. The molecule has 0 aliphatic heterocycles. The van der Waals surface area contributed by atoms with Crippen molar-refractivity contribution in [1.29, 1.82) is 0 Å². The first kappa shape index (κ1) is 9.46. The topological polar surface area (TPSA) is 85.9 Å². The van der Waals surface area contributed by atoms with Crippen LogP contribution in [0.4, 0.5) is 10.7 Å². The molecule has 3 N–H and O–H groups in total. The van der Waals surface area contributed by atoms with Crippen LogP contribution in [0.25, 0.3) is 0 Å². The molecule has 0 unspecified atom stereocenters. The van der Waals surface area contributed by atoms with E-state index in [-0.39, 0.29) is 6.03 Å². The smallest absolute Gasteiger partial charge is 0.314 e. The van der Waals surface area contributed by atoms with E-state index < -0.39 is 0 Å². The summed E-state index contributed by atoms with van der Waals surface area (Å²) in [6.45, 7) is 2.65. The lowest BCUT2D eigenvalue weighted by atomic mass is 10.7. The third-order valence-electron chi connectivity index (χ3n) is 1.42. The molecule has 0 aliphatic rings. The summed E-state index contributed by atoms with van der Waals surface area (Å²) in [6, 6.07) is -0.346. The highest BCUT2D eigenvalue weighted by atomic mass is 16.2. The van der Waals surface area contributed by atoms with Gasteiger partial charge in [-0.05, 0) is 0 Å². The number of amides is 2. The maximum atomic E-state index is 11.1. The van der Waals surface area contributed by atoms with Crippen molar-refractivity contribution in [3.63, 3.8) is 0 Å². The van der Waals surface area contributed by atoms with Crippen LogP contribution >= 0.6 is 0 Å². The van der Waals surface area contributed by atoms with E-state index in [9.17, 15) is 4.79 Å². The van der Waals surface area contributed by atoms with Gasteiger partial charge in [0.25, 0.3) is 0 Å². The number of nitrogens with zero attached hydrogens (tertiary/aromatic N) is 3. The van der Waals surface area contributed by atoms with E-state index in [0.717, 1.165) is 6.54 Å². The van der Waals surface area contributed by atoms with Crippen molar-refractivity contribution < 1.29 is 4.79 Å². The molecular formula is C6H12N6O. The van der Waals surface area contributed by atoms with Gasteiger partial charge in [0.05, 0.1) is 0 Å². The minimum Gasteiger partial charge on any atom is -0.314 e. The Morgan fingerprint density at radius 1 is 1.77 bits per heavy atom. The molecule has 0 spiro atoms. The summed E-state index contributed by atoms with van der Waals surface area (Å²) in [5, 5.41) is 11.2. The van der Waals surface area contributed by atoms with Gasteiger partial charge in [0, 0.05) is 13.6 Å². The maximum absolute atomic E-state index is 11.1. The molecule has 0 radical (unpaired) electrons. The van der Waals surface area contributed by atoms with E-state index in [4.69, 9.17) is 0 Å². The molecule has 1 aromatic rings. The van der Waals surface area contributed by atoms with Gasteiger partial charge in [-0.15, -0.1) is 10.2 Å². The molecule has 0 aliphatic carbocycles. The summed E-state index contributed by atoms with van der Waals surface area (Å²) in [4.78, 5) is 13.8. The number of anilines is 1. The fraction of sp³-hybridized carbons (Fsp3) is 0.500. The molecule has 72 valence electrons. The minimum absolute atomic E-state index is 0.321. The number of aromatic amines is 1.